The molecule has 0 amide bonds. The van der Waals surface area contributed by atoms with Gasteiger partial charge in [-0.25, -0.2) is 0 Å². The van der Waals surface area contributed by atoms with Crippen molar-refractivity contribution in [2.75, 3.05) is 0 Å². The lowest BCUT2D eigenvalue weighted by molar-refractivity contribution is 0.00578. The Bertz CT molecular complexity index is 8420. The molecular weight excluding hydrogens is 1750 g/mol. The normalized spacial score (nSPS) is 13.1. The molecule has 0 radical (unpaired) electrons. The van der Waals surface area contributed by atoms with E-state index in [2.05, 4.69) is 532 Å². The Balaban J connectivity index is 0.000000124. The Morgan fingerprint density at radius 3 is 0.875 bits per heavy atom. The Morgan fingerprint density at radius 1 is 0.221 bits per heavy atom. The summed E-state index contributed by atoms with van der Waals surface area (Å²) in [7, 11) is -5.96. The molecule has 24 aromatic rings. The Morgan fingerprint density at radius 2 is 0.493 bits per heavy atom. The van der Waals surface area contributed by atoms with E-state index in [0.717, 1.165) is 87.4 Å². The third-order valence-electron chi connectivity index (χ3n) is 28.0. The van der Waals surface area contributed by atoms with Crippen LogP contribution in [-0.4, -0.2) is 43.6 Å². The lowest BCUT2D eigenvalue weighted by Gasteiger charge is -2.35. The van der Waals surface area contributed by atoms with Gasteiger partial charge in [0.2, 0.25) is 0 Å². The minimum atomic E-state index is -2.92. The minimum Gasteiger partial charge on any atom is -0.455 e. The van der Waals surface area contributed by atoms with Gasteiger partial charge in [-0.2, -0.15) is 0 Å². The van der Waals surface area contributed by atoms with Crippen molar-refractivity contribution >= 4 is 174 Å². The average molecular weight is 1850 g/mol. The van der Waals surface area contributed by atoms with Crippen LogP contribution < -0.4 is 47.0 Å². The highest BCUT2D eigenvalue weighted by molar-refractivity contribution is 9.10. The molecular formula is C126H94BBrN2O4Si2. The second-order valence-corrected chi connectivity index (χ2v) is 44.9. The van der Waals surface area contributed by atoms with Gasteiger partial charge in [-0.3, -0.25) is 0 Å². The number of rotatable bonds is 16. The Hall–Kier alpha value is -15.5. The highest BCUT2D eigenvalue weighted by atomic mass is 79.9. The molecule has 0 saturated carbocycles. The van der Waals surface area contributed by atoms with E-state index in [1.54, 1.807) is 0 Å². The van der Waals surface area contributed by atoms with E-state index in [0.29, 0.717) is 0 Å². The molecule has 1 saturated heterocycles. The van der Waals surface area contributed by atoms with Gasteiger partial charge >= 0.3 is 7.12 Å². The molecule has 1 aliphatic rings. The van der Waals surface area contributed by atoms with Crippen molar-refractivity contribution < 1.29 is 18.1 Å². The van der Waals surface area contributed by atoms with Crippen LogP contribution in [0, 0.1) is 0 Å². The number of nitrogens with zero attached hydrogens (tertiary/aromatic N) is 2. The van der Waals surface area contributed by atoms with Crippen LogP contribution in [0.2, 0.25) is 0 Å². The number of aromatic nitrogens is 2. The number of furan rings is 2. The summed E-state index contributed by atoms with van der Waals surface area (Å²) in [5.74, 6) is 0. The first kappa shape index (κ1) is 84.7. The molecule has 5 heterocycles. The molecule has 4 aromatic heterocycles. The van der Waals surface area contributed by atoms with E-state index >= 15 is 0 Å². The molecule has 25 rings (SSSR count). The van der Waals surface area contributed by atoms with E-state index in [-0.39, 0.29) is 18.3 Å². The predicted octanol–water partition coefficient (Wildman–Crippen LogP) is 27.2. The SMILES string of the molecule is Brc1cccc([Si](c2ccccc2)(c2ccccc2)c2cccc(-c3cccc(-c4cccc5c4oc4ccccc45)c3)c2)c1.CC1(C)OB(c2cccc(-n3c4ccccc4c4ccccc43)c2)OC1(C)C.c1ccc([Si](c2ccccc2)(c2cccc(-c3cccc(-c4cccc5c4oc4ccccc45)c3)c2)c2cccc(-c3cccc(-n4c5ccccc5c5ccccc54)c3)c2)cc1. The molecule has 0 N–H and O–H groups in total. The molecule has 0 unspecified atom stereocenters. The third-order valence-corrected chi connectivity index (χ3v) is 38.0. The van der Waals surface area contributed by atoms with E-state index < -0.39 is 16.1 Å². The van der Waals surface area contributed by atoms with E-state index in [1.165, 1.54) is 118 Å². The maximum Gasteiger partial charge on any atom is 0.494 e. The van der Waals surface area contributed by atoms with Gasteiger partial charge in [-0.1, -0.05) is 428 Å². The summed E-state index contributed by atoms with van der Waals surface area (Å²) in [6.45, 7) is 8.35. The summed E-state index contributed by atoms with van der Waals surface area (Å²) in [5.41, 5.74) is 22.7. The number of hydrogen-bond acceptors (Lipinski definition) is 4. The van der Waals surface area contributed by atoms with Crippen molar-refractivity contribution in [3.05, 3.63) is 502 Å². The van der Waals surface area contributed by atoms with Crippen molar-refractivity contribution in [2.24, 2.45) is 0 Å². The summed E-state index contributed by atoms with van der Waals surface area (Å²) in [5, 5.41) is 20.4. The molecule has 20 aromatic carbocycles. The highest BCUT2D eigenvalue weighted by Gasteiger charge is 2.52. The number of para-hydroxylation sites is 8. The van der Waals surface area contributed by atoms with Crippen molar-refractivity contribution in [1.82, 2.24) is 9.13 Å². The fraction of sp³-hybridized carbons (Fsp3) is 0.0476. The maximum atomic E-state index is 6.50. The molecule has 1 aliphatic heterocycles. The van der Waals surface area contributed by atoms with Gasteiger partial charge < -0.3 is 27.3 Å². The number of benzene rings is 20. The summed E-state index contributed by atoms with van der Waals surface area (Å²) in [6.07, 6.45) is 0. The van der Waals surface area contributed by atoms with E-state index in [9.17, 15) is 0 Å². The fourth-order valence-electron chi connectivity index (χ4n) is 21.0. The zero-order valence-electron chi connectivity index (χ0n) is 75.8. The average Bonchev–Trinajstić information content (AvgIpc) is 1.25. The first-order chi connectivity index (χ1) is 66.8. The molecule has 0 spiro atoms. The summed E-state index contributed by atoms with van der Waals surface area (Å²) in [6, 6.07) is 181. The fourth-order valence-corrected chi connectivity index (χ4v) is 31.2. The summed E-state index contributed by atoms with van der Waals surface area (Å²) in [4.78, 5) is 0. The van der Waals surface area contributed by atoms with Gasteiger partial charge in [-0.15, -0.1) is 0 Å². The smallest absolute Gasteiger partial charge is 0.455 e. The first-order valence-corrected chi connectivity index (χ1v) is 51.5. The topological polar surface area (TPSA) is 54.6 Å². The molecule has 0 bridgehead atoms. The van der Waals surface area contributed by atoms with Crippen molar-refractivity contribution in [2.45, 2.75) is 38.9 Å². The van der Waals surface area contributed by atoms with Gasteiger partial charge in [0.1, 0.15) is 22.3 Å². The quantitative estimate of drug-likeness (QED) is 0.0715. The van der Waals surface area contributed by atoms with Gasteiger partial charge in [-0.05, 0) is 204 Å². The molecule has 6 nitrogen and oxygen atoms in total. The second kappa shape index (κ2) is 35.5. The Kier molecular flexibility index (Phi) is 22.1. The van der Waals surface area contributed by atoms with Crippen LogP contribution in [0.4, 0.5) is 0 Å². The molecule has 1 fully saturated rings. The van der Waals surface area contributed by atoms with Crippen molar-refractivity contribution in [3.63, 3.8) is 0 Å². The van der Waals surface area contributed by atoms with Gasteiger partial charge in [0, 0.05) is 70.1 Å². The molecule has 650 valence electrons. The largest absolute Gasteiger partial charge is 0.494 e. The predicted molar refractivity (Wildman–Crippen MR) is 580 cm³/mol. The molecule has 10 heteroatoms. The number of hydrogen-bond donors (Lipinski definition) is 0. The third kappa shape index (κ3) is 15.1. The zero-order chi connectivity index (χ0) is 91.5. The second-order valence-electron chi connectivity index (χ2n) is 36.4. The summed E-state index contributed by atoms with van der Waals surface area (Å²) >= 11 is 3.80. The van der Waals surface area contributed by atoms with Crippen LogP contribution in [0.1, 0.15) is 27.7 Å². The monoisotopic (exact) mass is 1840 g/mol. The van der Waals surface area contributed by atoms with Crippen LogP contribution in [-0.2, 0) is 9.31 Å². The van der Waals surface area contributed by atoms with Gasteiger partial charge in [0.25, 0.3) is 0 Å². The van der Waals surface area contributed by atoms with Crippen LogP contribution in [0.15, 0.2) is 511 Å². The van der Waals surface area contributed by atoms with Crippen LogP contribution in [0.25, 0.3) is 154 Å². The van der Waals surface area contributed by atoms with Crippen LogP contribution in [0.3, 0.4) is 0 Å². The maximum absolute atomic E-state index is 6.50. The van der Waals surface area contributed by atoms with Crippen LogP contribution >= 0.6 is 15.9 Å². The lowest BCUT2D eigenvalue weighted by Crippen LogP contribution is -2.74. The Labute approximate surface area is 802 Å². The molecule has 136 heavy (non-hydrogen) atoms. The summed E-state index contributed by atoms with van der Waals surface area (Å²) < 4.78 is 31.3. The lowest BCUT2D eigenvalue weighted by atomic mass is 9.79. The number of halogens is 1. The molecule has 0 aliphatic carbocycles. The van der Waals surface area contributed by atoms with Gasteiger partial charge in [0.05, 0.1) is 33.3 Å². The van der Waals surface area contributed by atoms with Crippen LogP contribution in [0.5, 0.6) is 0 Å². The minimum absolute atomic E-state index is 0.347. The molecule has 0 atom stereocenters. The van der Waals surface area contributed by atoms with Crippen molar-refractivity contribution in [1.29, 1.82) is 0 Å². The van der Waals surface area contributed by atoms with Crippen molar-refractivity contribution in [3.8, 4) is 67.0 Å². The zero-order valence-corrected chi connectivity index (χ0v) is 79.4. The number of fused-ring (bicyclic) bond motifs is 12. The van der Waals surface area contributed by atoms with E-state index in [1.807, 2.05) is 18.2 Å². The van der Waals surface area contributed by atoms with E-state index in [4.69, 9.17) is 18.1 Å². The standard InChI is InChI=1S/C60H41NOSi.C42H29BrOSi.C24H24BNO2/c1-3-24-48(25-4-1)63(49-26-5-2-6-27-49,50-28-15-20-44(40-50)42-18-13-22-46(38-42)52-33-17-34-56-55-32-9-12-37-59(55)62-60(52)56)51-29-16-21-45(41-51)43-19-14-23-47(39-43)61-57-35-10-7-30-53(57)54-31-8-11-36-58(54)61;43-33-16-11-22-37(29-33)45(34-17-3-1-4-18-34,35-19-5-2-6-20-35)36-21-10-14-31(28-36)30-13-9-15-32(27-30)38-24-12-25-40-39-23-7-8-26-41(39)44-42(38)40;1-23(2)24(3,4)28-25(27-23)17-10-9-11-18(16-17)26-21-14-7-5-12-19(21)20-13-6-8-15-22(20)26/h1-41H;1-29H;5-16H,1-4H3. The van der Waals surface area contributed by atoms with Gasteiger partial charge in [0.15, 0.2) is 16.1 Å². The first-order valence-electron chi connectivity index (χ1n) is 46.7. The highest BCUT2D eigenvalue weighted by Crippen LogP contribution is 2.43.